The largest absolute Gasteiger partial charge is 0.324 e. The topological polar surface area (TPSA) is 26.0 Å². The second kappa shape index (κ2) is 5.55. The van der Waals surface area contributed by atoms with Gasteiger partial charge in [-0.3, -0.25) is 0 Å². The van der Waals surface area contributed by atoms with Crippen molar-refractivity contribution in [2.24, 2.45) is 5.73 Å². The van der Waals surface area contributed by atoms with E-state index in [0.29, 0.717) is 4.90 Å². The number of rotatable bonds is 3. The number of halogens is 1. The van der Waals surface area contributed by atoms with E-state index in [0.717, 1.165) is 10.5 Å². The van der Waals surface area contributed by atoms with Gasteiger partial charge in [0.2, 0.25) is 0 Å². The van der Waals surface area contributed by atoms with E-state index in [1.807, 2.05) is 44.2 Å². The van der Waals surface area contributed by atoms with Crippen LogP contribution in [0.25, 0.3) is 0 Å². The molecule has 0 aliphatic heterocycles. The number of hydrogen-bond donors (Lipinski definition) is 1. The Morgan fingerprint density at radius 3 is 2.33 bits per heavy atom. The van der Waals surface area contributed by atoms with Crippen molar-refractivity contribution in [2.45, 2.75) is 29.7 Å². The molecule has 1 atom stereocenters. The lowest BCUT2D eigenvalue weighted by molar-refractivity contribution is 0.596. The first-order valence-corrected chi connectivity index (χ1v) is 6.67. The van der Waals surface area contributed by atoms with Crippen molar-refractivity contribution in [3.8, 4) is 0 Å². The third kappa shape index (κ3) is 3.12. The van der Waals surface area contributed by atoms with Crippen LogP contribution in [0.4, 0.5) is 4.39 Å². The number of hydrogen-bond acceptors (Lipinski definition) is 2. The van der Waals surface area contributed by atoms with E-state index in [1.165, 1.54) is 23.4 Å². The Labute approximate surface area is 111 Å². The molecule has 3 heteroatoms. The highest BCUT2D eigenvalue weighted by Gasteiger charge is 2.07. The third-order valence-corrected chi connectivity index (χ3v) is 3.79. The van der Waals surface area contributed by atoms with Gasteiger partial charge in [-0.25, -0.2) is 4.39 Å². The normalized spacial score (nSPS) is 12.4. The predicted molar refractivity (Wildman–Crippen MR) is 74.3 cm³/mol. The van der Waals surface area contributed by atoms with Crippen LogP contribution in [0.1, 0.15) is 24.1 Å². The molecule has 0 heterocycles. The van der Waals surface area contributed by atoms with Crippen LogP contribution >= 0.6 is 11.8 Å². The van der Waals surface area contributed by atoms with E-state index in [9.17, 15) is 4.39 Å². The van der Waals surface area contributed by atoms with Crippen LogP contribution in [-0.4, -0.2) is 0 Å². The van der Waals surface area contributed by atoms with Gasteiger partial charge in [-0.15, -0.1) is 0 Å². The van der Waals surface area contributed by atoms with E-state index in [1.54, 1.807) is 6.07 Å². The molecule has 94 valence electrons. The van der Waals surface area contributed by atoms with Gasteiger partial charge < -0.3 is 5.73 Å². The molecule has 2 aromatic carbocycles. The predicted octanol–water partition coefficient (Wildman–Crippen LogP) is 4.31. The van der Waals surface area contributed by atoms with E-state index < -0.39 is 0 Å². The minimum Gasteiger partial charge on any atom is -0.324 e. The number of aryl methyl sites for hydroxylation is 1. The van der Waals surface area contributed by atoms with Gasteiger partial charge in [-0.05, 0) is 43.7 Å². The van der Waals surface area contributed by atoms with Gasteiger partial charge in [0.1, 0.15) is 5.82 Å². The molecule has 0 bridgehead atoms. The van der Waals surface area contributed by atoms with Gasteiger partial charge in [-0.2, -0.15) is 0 Å². The van der Waals surface area contributed by atoms with Gasteiger partial charge in [0.05, 0.1) is 0 Å². The van der Waals surface area contributed by atoms with Crippen molar-refractivity contribution in [1.29, 1.82) is 0 Å². The Morgan fingerprint density at radius 1 is 1.11 bits per heavy atom. The molecule has 0 spiro atoms. The summed E-state index contributed by atoms with van der Waals surface area (Å²) < 4.78 is 13.9. The zero-order valence-corrected chi connectivity index (χ0v) is 11.3. The average molecular weight is 261 g/mol. The highest BCUT2D eigenvalue weighted by Crippen LogP contribution is 2.31. The maximum absolute atomic E-state index is 13.9. The Kier molecular flexibility index (Phi) is 4.04. The van der Waals surface area contributed by atoms with Gasteiger partial charge in [0, 0.05) is 15.8 Å². The first-order valence-electron chi connectivity index (χ1n) is 5.86. The monoisotopic (exact) mass is 261 g/mol. The molecule has 0 saturated heterocycles. The highest BCUT2D eigenvalue weighted by atomic mass is 32.2. The standard InChI is InChI=1S/C15H16FNS/c1-10-3-6-13(7-4-10)18-15-8-5-12(11(2)17)9-14(15)16/h3-9,11H,17H2,1-2H3. The fourth-order valence-electron chi connectivity index (χ4n) is 1.62. The van der Waals surface area contributed by atoms with Crippen molar-refractivity contribution in [1.82, 2.24) is 0 Å². The van der Waals surface area contributed by atoms with Gasteiger partial charge in [0.25, 0.3) is 0 Å². The summed E-state index contributed by atoms with van der Waals surface area (Å²) in [4.78, 5) is 1.66. The fraction of sp³-hybridized carbons (Fsp3) is 0.200. The highest BCUT2D eigenvalue weighted by molar-refractivity contribution is 7.99. The van der Waals surface area contributed by atoms with Gasteiger partial charge in [-0.1, -0.05) is 35.5 Å². The molecule has 1 unspecified atom stereocenters. The van der Waals surface area contributed by atoms with Crippen LogP contribution in [0, 0.1) is 12.7 Å². The zero-order valence-electron chi connectivity index (χ0n) is 10.5. The summed E-state index contributed by atoms with van der Waals surface area (Å²) in [7, 11) is 0. The van der Waals surface area contributed by atoms with E-state index in [2.05, 4.69) is 0 Å². The number of nitrogens with two attached hydrogens (primary N) is 1. The lowest BCUT2D eigenvalue weighted by atomic mass is 10.1. The van der Waals surface area contributed by atoms with Crippen LogP contribution in [0.2, 0.25) is 0 Å². The van der Waals surface area contributed by atoms with Crippen molar-refractivity contribution >= 4 is 11.8 Å². The van der Waals surface area contributed by atoms with Gasteiger partial charge >= 0.3 is 0 Å². The summed E-state index contributed by atoms with van der Waals surface area (Å²) in [6, 6.07) is 13.1. The molecule has 0 aromatic heterocycles. The molecule has 0 saturated carbocycles. The maximum atomic E-state index is 13.9. The van der Waals surface area contributed by atoms with Crippen LogP contribution in [0.15, 0.2) is 52.3 Å². The summed E-state index contributed by atoms with van der Waals surface area (Å²) in [5.41, 5.74) is 7.75. The average Bonchev–Trinajstić information content (AvgIpc) is 2.34. The molecular formula is C15H16FNS. The molecule has 1 nitrogen and oxygen atoms in total. The minimum atomic E-state index is -0.213. The zero-order chi connectivity index (χ0) is 13.1. The maximum Gasteiger partial charge on any atom is 0.137 e. The Hall–Kier alpha value is -1.32. The van der Waals surface area contributed by atoms with Crippen molar-refractivity contribution in [3.63, 3.8) is 0 Å². The Morgan fingerprint density at radius 2 is 1.78 bits per heavy atom. The van der Waals surface area contributed by atoms with Crippen LogP contribution in [-0.2, 0) is 0 Å². The summed E-state index contributed by atoms with van der Waals surface area (Å²) in [6.45, 7) is 3.88. The smallest absolute Gasteiger partial charge is 0.137 e. The molecule has 18 heavy (non-hydrogen) atoms. The number of benzene rings is 2. The molecule has 0 amide bonds. The van der Waals surface area contributed by atoms with Crippen LogP contribution in [0.5, 0.6) is 0 Å². The lowest BCUT2D eigenvalue weighted by Gasteiger charge is -2.08. The molecule has 2 rings (SSSR count). The molecular weight excluding hydrogens is 245 g/mol. The summed E-state index contributed by atoms with van der Waals surface area (Å²) in [6.07, 6.45) is 0. The molecule has 2 aromatic rings. The molecule has 0 aliphatic carbocycles. The first kappa shape index (κ1) is 13.1. The van der Waals surface area contributed by atoms with Crippen LogP contribution < -0.4 is 5.73 Å². The lowest BCUT2D eigenvalue weighted by Crippen LogP contribution is -2.05. The third-order valence-electron chi connectivity index (χ3n) is 2.73. The van der Waals surface area contributed by atoms with E-state index in [4.69, 9.17) is 5.73 Å². The fourth-order valence-corrected chi connectivity index (χ4v) is 2.43. The minimum absolute atomic E-state index is 0.141. The SMILES string of the molecule is Cc1ccc(Sc2ccc(C(C)N)cc2F)cc1. The first-order chi connectivity index (χ1) is 8.56. The summed E-state index contributed by atoms with van der Waals surface area (Å²) >= 11 is 1.43. The second-order valence-electron chi connectivity index (χ2n) is 4.39. The van der Waals surface area contributed by atoms with Crippen LogP contribution in [0.3, 0.4) is 0 Å². The molecule has 0 radical (unpaired) electrons. The van der Waals surface area contributed by atoms with Crippen molar-refractivity contribution < 1.29 is 4.39 Å². The summed E-state index contributed by atoms with van der Waals surface area (Å²) in [5, 5.41) is 0. The quantitative estimate of drug-likeness (QED) is 0.891. The Balaban J connectivity index is 2.22. The second-order valence-corrected chi connectivity index (χ2v) is 5.51. The molecule has 2 N–H and O–H groups in total. The van der Waals surface area contributed by atoms with E-state index in [-0.39, 0.29) is 11.9 Å². The van der Waals surface area contributed by atoms with Gasteiger partial charge in [0.15, 0.2) is 0 Å². The van der Waals surface area contributed by atoms with Crippen molar-refractivity contribution in [3.05, 3.63) is 59.4 Å². The van der Waals surface area contributed by atoms with Crippen molar-refractivity contribution in [2.75, 3.05) is 0 Å². The summed E-state index contributed by atoms with van der Waals surface area (Å²) in [5.74, 6) is -0.213. The Bertz CT molecular complexity index is 535. The van der Waals surface area contributed by atoms with E-state index >= 15 is 0 Å². The molecule has 0 aliphatic rings. The molecule has 0 fully saturated rings.